The smallest absolute Gasteiger partial charge is 0.329 e. The molecule has 4 nitrogen and oxygen atoms in total. The molecule has 5 heteroatoms. The van der Waals surface area contributed by atoms with Gasteiger partial charge in [0.15, 0.2) is 0 Å². The number of halogens is 1. The first kappa shape index (κ1) is 15.5. The van der Waals surface area contributed by atoms with Gasteiger partial charge < -0.3 is 10.0 Å². The van der Waals surface area contributed by atoms with Gasteiger partial charge in [-0.15, -0.1) is 0 Å². The van der Waals surface area contributed by atoms with Crippen molar-refractivity contribution in [2.75, 3.05) is 6.54 Å². The van der Waals surface area contributed by atoms with E-state index in [4.69, 9.17) is 0 Å². The number of benzene rings is 1. The van der Waals surface area contributed by atoms with Gasteiger partial charge in [0.1, 0.15) is 11.4 Å². The molecule has 1 saturated heterocycles. The molecule has 1 aromatic carbocycles. The van der Waals surface area contributed by atoms with Gasteiger partial charge in [0, 0.05) is 6.54 Å². The molecule has 0 aliphatic carbocycles. The van der Waals surface area contributed by atoms with Crippen molar-refractivity contribution >= 4 is 11.9 Å². The number of aliphatic carboxylic acids is 1. The Morgan fingerprint density at radius 2 is 2.19 bits per heavy atom. The maximum Gasteiger partial charge on any atom is 0.329 e. The van der Waals surface area contributed by atoms with E-state index < -0.39 is 11.5 Å². The molecule has 1 amide bonds. The van der Waals surface area contributed by atoms with E-state index in [-0.39, 0.29) is 18.1 Å². The standard InChI is InChI=1S/C16H20FNO3/c1-2-7-16(15(20)21)8-4-9-18(16)14(19)11-12-5-3-6-13(17)10-12/h3,5-6,10H,2,4,7-9,11H2,1H3,(H,20,21). The van der Waals surface area contributed by atoms with Crippen LogP contribution >= 0.6 is 0 Å². The summed E-state index contributed by atoms with van der Waals surface area (Å²) in [5.74, 6) is -1.57. The Hall–Kier alpha value is -1.91. The lowest BCUT2D eigenvalue weighted by Gasteiger charge is -2.34. The summed E-state index contributed by atoms with van der Waals surface area (Å²) >= 11 is 0. The largest absolute Gasteiger partial charge is 0.479 e. The fourth-order valence-corrected chi connectivity index (χ4v) is 3.16. The van der Waals surface area contributed by atoms with Crippen molar-refractivity contribution in [3.8, 4) is 0 Å². The zero-order valence-electron chi connectivity index (χ0n) is 12.1. The van der Waals surface area contributed by atoms with Crippen molar-refractivity contribution in [3.05, 3.63) is 35.6 Å². The molecule has 1 unspecified atom stereocenters. The van der Waals surface area contributed by atoms with Crippen molar-refractivity contribution in [1.29, 1.82) is 0 Å². The number of carboxylic acids is 1. The van der Waals surface area contributed by atoms with E-state index >= 15 is 0 Å². The van der Waals surface area contributed by atoms with Crippen LogP contribution in [0.3, 0.4) is 0 Å². The molecular formula is C16H20FNO3. The summed E-state index contributed by atoms with van der Waals surface area (Å²) in [6.45, 7) is 2.37. The zero-order valence-corrected chi connectivity index (χ0v) is 12.1. The summed E-state index contributed by atoms with van der Waals surface area (Å²) in [4.78, 5) is 25.6. The third-order valence-electron chi connectivity index (χ3n) is 4.10. The number of rotatable bonds is 5. The molecule has 1 aliphatic heterocycles. The van der Waals surface area contributed by atoms with Crippen LogP contribution in [0.4, 0.5) is 4.39 Å². The van der Waals surface area contributed by atoms with Crippen LogP contribution in [0.2, 0.25) is 0 Å². The van der Waals surface area contributed by atoms with E-state index in [1.165, 1.54) is 17.0 Å². The number of carboxylic acid groups (broad SMARTS) is 1. The first-order chi connectivity index (χ1) is 9.99. The lowest BCUT2D eigenvalue weighted by atomic mass is 9.90. The Bertz CT molecular complexity index is 546. The molecule has 114 valence electrons. The van der Waals surface area contributed by atoms with Crippen molar-refractivity contribution < 1.29 is 19.1 Å². The molecule has 1 heterocycles. The van der Waals surface area contributed by atoms with Gasteiger partial charge >= 0.3 is 5.97 Å². The van der Waals surface area contributed by atoms with Gasteiger partial charge in [-0.2, -0.15) is 0 Å². The Morgan fingerprint density at radius 3 is 2.81 bits per heavy atom. The molecule has 0 radical (unpaired) electrons. The quantitative estimate of drug-likeness (QED) is 0.908. The molecule has 1 aromatic rings. The van der Waals surface area contributed by atoms with Crippen LogP contribution in [-0.4, -0.2) is 34.0 Å². The summed E-state index contributed by atoms with van der Waals surface area (Å²) in [6.07, 6.45) is 2.38. The molecule has 1 aliphatic rings. The van der Waals surface area contributed by atoms with Crippen LogP contribution in [0, 0.1) is 5.82 Å². The maximum atomic E-state index is 13.2. The van der Waals surface area contributed by atoms with Crippen molar-refractivity contribution in [3.63, 3.8) is 0 Å². The number of hydrogen-bond donors (Lipinski definition) is 1. The van der Waals surface area contributed by atoms with Crippen LogP contribution in [0.5, 0.6) is 0 Å². The molecule has 0 spiro atoms. The van der Waals surface area contributed by atoms with Gasteiger partial charge in [-0.1, -0.05) is 25.5 Å². The van der Waals surface area contributed by atoms with Crippen molar-refractivity contribution in [1.82, 2.24) is 4.90 Å². The molecule has 1 fully saturated rings. The first-order valence-electron chi connectivity index (χ1n) is 7.28. The number of likely N-dealkylation sites (tertiary alicyclic amines) is 1. The first-order valence-corrected chi connectivity index (χ1v) is 7.28. The number of carbonyl (C=O) groups excluding carboxylic acids is 1. The fraction of sp³-hybridized carbons (Fsp3) is 0.500. The Kier molecular flexibility index (Phi) is 4.60. The van der Waals surface area contributed by atoms with E-state index in [0.29, 0.717) is 37.8 Å². The van der Waals surface area contributed by atoms with Crippen LogP contribution in [-0.2, 0) is 16.0 Å². The van der Waals surface area contributed by atoms with Crippen LogP contribution < -0.4 is 0 Å². The van der Waals surface area contributed by atoms with Crippen LogP contribution in [0.1, 0.15) is 38.2 Å². The average molecular weight is 293 g/mol. The third kappa shape index (κ3) is 3.06. The van der Waals surface area contributed by atoms with Crippen molar-refractivity contribution in [2.24, 2.45) is 0 Å². The van der Waals surface area contributed by atoms with Gasteiger partial charge in [-0.3, -0.25) is 4.79 Å². The average Bonchev–Trinajstić information content (AvgIpc) is 2.84. The van der Waals surface area contributed by atoms with Gasteiger partial charge in [0.2, 0.25) is 5.91 Å². The highest BCUT2D eigenvalue weighted by atomic mass is 19.1. The Morgan fingerprint density at radius 1 is 1.43 bits per heavy atom. The number of amides is 1. The minimum Gasteiger partial charge on any atom is -0.479 e. The van der Waals surface area contributed by atoms with E-state index in [0.717, 1.165) is 0 Å². The fourth-order valence-electron chi connectivity index (χ4n) is 3.16. The second-order valence-corrected chi connectivity index (χ2v) is 5.54. The second-order valence-electron chi connectivity index (χ2n) is 5.54. The minimum atomic E-state index is -1.08. The highest BCUT2D eigenvalue weighted by Gasteiger charge is 2.48. The summed E-state index contributed by atoms with van der Waals surface area (Å²) in [5, 5.41) is 9.57. The summed E-state index contributed by atoms with van der Waals surface area (Å²) in [7, 11) is 0. The van der Waals surface area contributed by atoms with Gasteiger partial charge in [0.05, 0.1) is 6.42 Å². The lowest BCUT2D eigenvalue weighted by Crippen LogP contribution is -2.53. The second kappa shape index (κ2) is 6.24. The summed E-state index contributed by atoms with van der Waals surface area (Å²) < 4.78 is 13.2. The van der Waals surface area contributed by atoms with E-state index in [2.05, 4.69) is 0 Å². The summed E-state index contributed by atoms with van der Waals surface area (Å²) in [6, 6.07) is 5.87. The molecule has 1 N–H and O–H groups in total. The predicted molar refractivity (Wildman–Crippen MR) is 76.3 cm³/mol. The monoisotopic (exact) mass is 293 g/mol. The Labute approximate surface area is 123 Å². The number of nitrogens with zero attached hydrogens (tertiary/aromatic N) is 1. The lowest BCUT2D eigenvalue weighted by molar-refractivity contribution is -0.156. The van der Waals surface area contributed by atoms with E-state index in [9.17, 15) is 19.1 Å². The highest BCUT2D eigenvalue weighted by Crippen LogP contribution is 2.34. The van der Waals surface area contributed by atoms with Crippen LogP contribution in [0.15, 0.2) is 24.3 Å². The highest BCUT2D eigenvalue weighted by molar-refractivity contribution is 5.88. The van der Waals surface area contributed by atoms with Crippen molar-refractivity contribution in [2.45, 2.75) is 44.6 Å². The zero-order chi connectivity index (χ0) is 15.5. The molecular weight excluding hydrogens is 273 g/mol. The maximum absolute atomic E-state index is 13.2. The van der Waals surface area contributed by atoms with Gasteiger partial charge in [-0.25, -0.2) is 9.18 Å². The van der Waals surface area contributed by atoms with Gasteiger partial charge in [0.25, 0.3) is 0 Å². The molecule has 0 aromatic heterocycles. The number of carbonyl (C=O) groups is 2. The molecule has 0 saturated carbocycles. The molecule has 21 heavy (non-hydrogen) atoms. The third-order valence-corrected chi connectivity index (χ3v) is 4.10. The minimum absolute atomic E-state index is 0.0382. The topological polar surface area (TPSA) is 57.6 Å². The predicted octanol–water partition coefficient (Wildman–Crippen LogP) is 2.61. The molecule has 2 rings (SSSR count). The molecule has 0 bridgehead atoms. The molecule has 1 atom stereocenters. The normalized spacial score (nSPS) is 21.5. The SMILES string of the molecule is CCCC1(C(=O)O)CCCN1C(=O)Cc1cccc(F)c1. The van der Waals surface area contributed by atoms with Crippen LogP contribution in [0.25, 0.3) is 0 Å². The Balaban J connectivity index is 2.19. The van der Waals surface area contributed by atoms with E-state index in [1.807, 2.05) is 6.92 Å². The van der Waals surface area contributed by atoms with E-state index in [1.54, 1.807) is 12.1 Å². The van der Waals surface area contributed by atoms with Gasteiger partial charge in [-0.05, 0) is 37.0 Å². The number of hydrogen-bond acceptors (Lipinski definition) is 2. The summed E-state index contributed by atoms with van der Waals surface area (Å²) in [5.41, 5.74) is -0.512.